The predicted octanol–water partition coefficient (Wildman–Crippen LogP) is 5.03. The average Bonchev–Trinajstić information content (AvgIpc) is 2.62. The highest BCUT2D eigenvalue weighted by atomic mass is 16.5. The van der Waals surface area contributed by atoms with E-state index in [1.807, 2.05) is 36.4 Å². The second-order valence-corrected chi connectivity index (χ2v) is 6.05. The number of carboxylic acids is 1. The molecule has 0 aliphatic carbocycles. The summed E-state index contributed by atoms with van der Waals surface area (Å²) < 4.78 is 11.4. The van der Waals surface area contributed by atoms with Gasteiger partial charge in [-0.05, 0) is 42.7 Å². The van der Waals surface area contributed by atoms with Gasteiger partial charge < -0.3 is 14.6 Å². The van der Waals surface area contributed by atoms with Crippen molar-refractivity contribution >= 4 is 5.97 Å². The van der Waals surface area contributed by atoms with Crippen molar-refractivity contribution < 1.29 is 19.4 Å². The van der Waals surface area contributed by atoms with Crippen LogP contribution in [0, 0.1) is 0 Å². The van der Waals surface area contributed by atoms with Crippen molar-refractivity contribution in [3.63, 3.8) is 0 Å². The lowest BCUT2D eigenvalue weighted by atomic mass is 10.00. The number of benzene rings is 2. The molecule has 4 heteroatoms. The molecule has 1 atom stereocenters. The molecule has 2 rings (SSSR count). The maximum absolute atomic E-state index is 11.3. The fourth-order valence-corrected chi connectivity index (χ4v) is 2.68. The van der Waals surface area contributed by atoms with Gasteiger partial charge in [-0.1, -0.05) is 43.7 Å². The van der Waals surface area contributed by atoms with Gasteiger partial charge >= 0.3 is 5.97 Å². The molecule has 2 aromatic rings. The number of hydrogen-bond acceptors (Lipinski definition) is 3. The van der Waals surface area contributed by atoms with E-state index in [1.165, 1.54) is 0 Å². The summed E-state index contributed by atoms with van der Waals surface area (Å²) in [7, 11) is 0. The predicted molar refractivity (Wildman–Crippen MR) is 99.3 cm³/mol. The maximum Gasteiger partial charge on any atom is 0.336 e. The highest BCUT2D eigenvalue weighted by Gasteiger charge is 2.10. The lowest BCUT2D eigenvalue weighted by molar-refractivity contribution is 0.0519. The van der Waals surface area contributed by atoms with Crippen LogP contribution in [0.1, 0.15) is 43.5 Å². The summed E-state index contributed by atoms with van der Waals surface area (Å²) in [5, 5.41) is 9.28. The summed E-state index contributed by atoms with van der Waals surface area (Å²) in [5.41, 5.74) is 1.87. The zero-order chi connectivity index (χ0) is 18.1. The third kappa shape index (κ3) is 5.91. The Morgan fingerprint density at radius 2 is 1.80 bits per heavy atom. The largest absolute Gasteiger partial charge is 0.494 e. The van der Waals surface area contributed by atoms with Crippen LogP contribution in [0.3, 0.4) is 0 Å². The first kappa shape index (κ1) is 19.0. The van der Waals surface area contributed by atoms with Gasteiger partial charge in [0.05, 0.1) is 24.9 Å². The highest BCUT2D eigenvalue weighted by Crippen LogP contribution is 2.25. The van der Waals surface area contributed by atoms with Gasteiger partial charge in [0.25, 0.3) is 0 Å². The van der Waals surface area contributed by atoms with E-state index in [2.05, 4.69) is 13.8 Å². The van der Waals surface area contributed by atoms with Gasteiger partial charge in [-0.2, -0.15) is 0 Å². The van der Waals surface area contributed by atoms with Crippen LogP contribution >= 0.6 is 0 Å². The van der Waals surface area contributed by atoms with Crippen LogP contribution in [-0.2, 0) is 4.74 Å². The van der Waals surface area contributed by atoms with E-state index in [0.717, 1.165) is 30.6 Å². The molecular formula is C21H26O4. The normalized spacial score (nSPS) is 11.9. The van der Waals surface area contributed by atoms with Gasteiger partial charge in [0.1, 0.15) is 5.75 Å². The van der Waals surface area contributed by atoms with E-state index < -0.39 is 5.97 Å². The van der Waals surface area contributed by atoms with Gasteiger partial charge in [0.2, 0.25) is 0 Å². The smallest absolute Gasteiger partial charge is 0.336 e. The molecule has 0 heterocycles. The third-order valence-electron chi connectivity index (χ3n) is 3.98. The zero-order valence-corrected chi connectivity index (χ0v) is 14.9. The van der Waals surface area contributed by atoms with E-state index in [4.69, 9.17) is 9.47 Å². The quantitative estimate of drug-likeness (QED) is 0.616. The summed E-state index contributed by atoms with van der Waals surface area (Å²) in [4.78, 5) is 11.3. The van der Waals surface area contributed by atoms with E-state index in [-0.39, 0.29) is 0 Å². The minimum atomic E-state index is -0.923. The lowest BCUT2D eigenvalue weighted by Crippen LogP contribution is -2.11. The Bertz CT molecular complexity index is 664. The number of ether oxygens (including phenoxy) is 2. The van der Waals surface area contributed by atoms with Crippen LogP contribution in [0.4, 0.5) is 0 Å². The Morgan fingerprint density at radius 3 is 2.48 bits per heavy atom. The topological polar surface area (TPSA) is 55.8 Å². The molecule has 0 aliphatic rings. The molecule has 1 unspecified atom stereocenters. The Morgan fingerprint density at radius 1 is 1.08 bits per heavy atom. The number of rotatable bonds is 10. The van der Waals surface area contributed by atoms with Crippen LogP contribution in [0.5, 0.6) is 5.75 Å². The molecule has 0 bridgehead atoms. The highest BCUT2D eigenvalue weighted by molar-refractivity contribution is 5.96. The van der Waals surface area contributed by atoms with E-state index in [9.17, 15) is 9.90 Å². The number of hydrogen-bond donors (Lipinski definition) is 1. The molecule has 134 valence electrons. The Balaban J connectivity index is 1.86. The fraction of sp³-hybridized carbons (Fsp3) is 0.381. The van der Waals surface area contributed by atoms with Crippen molar-refractivity contribution in [1.29, 1.82) is 0 Å². The summed E-state index contributed by atoms with van der Waals surface area (Å²) in [6.07, 6.45) is 3.37. The van der Waals surface area contributed by atoms with Crippen LogP contribution in [-0.4, -0.2) is 30.4 Å². The SMILES string of the molecule is CCCC(C)OCCCOc1ccc(-c2ccccc2C(=O)O)cc1. The van der Waals surface area contributed by atoms with E-state index >= 15 is 0 Å². The second-order valence-electron chi connectivity index (χ2n) is 6.05. The van der Waals surface area contributed by atoms with E-state index in [0.29, 0.717) is 30.4 Å². The van der Waals surface area contributed by atoms with Gasteiger partial charge in [0.15, 0.2) is 0 Å². The molecule has 0 spiro atoms. The minimum absolute atomic E-state index is 0.300. The molecular weight excluding hydrogens is 316 g/mol. The second kappa shape index (κ2) is 9.84. The van der Waals surface area contributed by atoms with E-state index in [1.54, 1.807) is 12.1 Å². The van der Waals surface area contributed by atoms with Gasteiger partial charge in [-0.25, -0.2) is 4.79 Å². The van der Waals surface area contributed by atoms with Crippen molar-refractivity contribution in [2.24, 2.45) is 0 Å². The van der Waals surface area contributed by atoms with Crippen LogP contribution in [0.25, 0.3) is 11.1 Å². The zero-order valence-electron chi connectivity index (χ0n) is 14.9. The first-order valence-electron chi connectivity index (χ1n) is 8.79. The summed E-state index contributed by atoms with van der Waals surface area (Å²) in [6.45, 7) is 5.55. The molecule has 0 saturated carbocycles. The molecule has 0 saturated heterocycles. The summed E-state index contributed by atoms with van der Waals surface area (Å²) >= 11 is 0. The molecule has 1 N–H and O–H groups in total. The molecule has 0 aliphatic heterocycles. The average molecular weight is 342 g/mol. The van der Waals surface area contributed by atoms with Crippen LogP contribution in [0.15, 0.2) is 48.5 Å². The first-order valence-corrected chi connectivity index (χ1v) is 8.79. The van der Waals surface area contributed by atoms with Crippen molar-refractivity contribution in [2.75, 3.05) is 13.2 Å². The number of carbonyl (C=O) groups is 1. The standard InChI is InChI=1S/C21H26O4/c1-3-7-16(2)24-14-6-15-25-18-12-10-17(11-13-18)19-8-4-5-9-20(19)21(22)23/h4-5,8-13,16H,3,6-7,14-15H2,1-2H3,(H,22,23). The minimum Gasteiger partial charge on any atom is -0.494 e. The number of carboxylic acid groups (broad SMARTS) is 1. The summed E-state index contributed by atoms with van der Waals surface area (Å²) in [5.74, 6) is -0.147. The third-order valence-corrected chi connectivity index (χ3v) is 3.98. The Kier molecular flexibility index (Phi) is 7.48. The molecule has 0 amide bonds. The van der Waals surface area contributed by atoms with Gasteiger partial charge in [0, 0.05) is 6.42 Å². The molecule has 0 radical (unpaired) electrons. The fourth-order valence-electron chi connectivity index (χ4n) is 2.68. The molecule has 0 fully saturated rings. The molecule has 0 aromatic heterocycles. The summed E-state index contributed by atoms with van der Waals surface area (Å²) in [6, 6.07) is 14.5. The molecule has 25 heavy (non-hydrogen) atoms. The number of aromatic carboxylic acids is 1. The van der Waals surface area contributed by atoms with Crippen LogP contribution < -0.4 is 4.74 Å². The van der Waals surface area contributed by atoms with Crippen molar-refractivity contribution in [2.45, 2.75) is 39.2 Å². The lowest BCUT2D eigenvalue weighted by Gasteiger charge is -2.12. The Hall–Kier alpha value is -2.33. The monoisotopic (exact) mass is 342 g/mol. The maximum atomic E-state index is 11.3. The van der Waals surface area contributed by atoms with Crippen molar-refractivity contribution in [3.05, 3.63) is 54.1 Å². The van der Waals surface area contributed by atoms with Crippen molar-refractivity contribution in [3.8, 4) is 16.9 Å². The molecule has 4 nitrogen and oxygen atoms in total. The van der Waals surface area contributed by atoms with Gasteiger partial charge in [-0.3, -0.25) is 0 Å². The first-order chi connectivity index (χ1) is 12.1. The Labute approximate surface area is 149 Å². The van der Waals surface area contributed by atoms with Gasteiger partial charge in [-0.15, -0.1) is 0 Å². The van der Waals surface area contributed by atoms with Crippen molar-refractivity contribution in [1.82, 2.24) is 0 Å². The van der Waals surface area contributed by atoms with Crippen LogP contribution in [0.2, 0.25) is 0 Å². The molecule has 2 aromatic carbocycles.